The molecule has 0 aliphatic carbocycles. The van der Waals surface area contributed by atoms with Gasteiger partial charge in [0.2, 0.25) is 11.8 Å². The van der Waals surface area contributed by atoms with Crippen molar-refractivity contribution in [3.8, 4) is 0 Å². The summed E-state index contributed by atoms with van der Waals surface area (Å²) in [6.45, 7) is 7.29. The van der Waals surface area contributed by atoms with Crippen LogP contribution in [0.1, 0.15) is 34.1 Å². The van der Waals surface area contributed by atoms with Crippen LogP contribution in [-0.4, -0.2) is 35.6 Å². The summed E-state index contributed by atoms with van der Waals surface area (Å²) in [5.41, 5.74) is 0. The van der Waals surface area contributed by atoms with Crippen molar-refractivity contribution in [1.29, 1.82) is 0 Å². The van der Waals surface area contributed by atoms with E-state index in [1.807, 2.05) is 13.8 Å². The molecule has 0 aliphatic rings. The van der Waals surface area contributed by atoms with Gasteiger partial charge in [-0.3, -0.25) is 9.59 Å². The lowest BCUT2D eigenvalue weighted by Gasteiger charge is -2.15. The summed E-state index contributed by atoms with van der Waals surface area (Å²) in [4.78, 5) is 22.8. The third kappa shape index (κ3) is 7.23. The average molecular weight is 230 g/mol. The number of hydrogen-bond acceptors (Lipinski definition) is 3. The number of aliphatic hydroxyl groups excluding tert-OH is 1. The largest absolute Gasteiger partial charge is 0.392 e. The summed E-state index contributed by atoms with van der Waals surface area (Å²) in [6.07, 6.45) is -0.170. The van der Waals surface area contributed by atoms with Crippen molar-refractivity contribution < 1.29 is 14.7 Å². The van der Waals surface area contributed by atoms with Gasteiger partial charge < -0.3 is 15.7 Å². The van der Waals surface area contributed by atoms with E-state index in [4.69, 9.17) is 5.11 Å². The zero-order valence-electron chi connectivity index (χ0n) is 10.4. The summed E-state index contributed by atoms with van der Waals surface area (Å²) in [6, 6.07) is -0.565. The van der Waals surface area contributed by atoms with Gasteiger partial charge in [-0.2, -0.15) is 0 Å². The fourth-order valence-electron chi connectivity index (χ4n) is 1.14. The molecule has 0 saturated heterocycles. The highest BCUT2D eigenvalue weighted by molar-refractivity contribution is 5.87. The molecule has 0 saturated carbocycles. The van der Waals surface area contributed by atoms with Gasteiger partial charge in [0.25, 0.3) is 0 Å². The Morgan fingerprint density at radius 3 is 2.19 bits per heavy atom. The van der Waals surface area contributed by atoms with Crippen LogP contribution in [0.25, 0.3) is 0 Å². The third-order valence-electron chi connectivity index (χ3n) is 1.94. The van der Waals surface area contributed by atoms with E-state index in [1.165, 1.54) is 0 Å². The van der Waals surface area contributed by atoms with Crippen LogP contribution in [0.15, 0.2) is 0 Å². The molecule has 2 atom stereocenters. The minimum absolute atomic E-state index is 0.130. The first kappa shape index (κ1) is 14.9. The van der Waals surface area contributed by atoms with Gasteiger partial charge in [-0.15, -0.1) is 0 Å². The summed E-state index contributed by atoms with van der Waals surface area (Å²) in [5, 5.41) is 14.1. The first-order valence-corrected chi connectivity index (χ1v) is 5.58. The molecule has 0 bridgehead atoms. The second kappa shape index (κ2) is 7.22. The Labute approximate surface area is 96.6 Å². The van der Waals surface area contributed by atoms with Gasteiger partial charge in [0.15, 0.2) is 0 Å². The fraction of sp³-hybridized carbons (Fsp3) is 0.818. The van der Waals surface area contributed by atoms with Crippen molar-refractivity contribution in [3.63, 3.8) is 0 Å². The van der Waals surface area contributed by atoms with Crippen molar-refractivity contribution in [2.45, 2.75) is 46.3 Å². The molecule has 0 fully saturated rings. The molecule has 0 aromatic heterocycles. The molecule has 0 aromatic rings. The van der Waals surface area contributed by atoms with Gasteiger partial charge in [-0.25, -0.2) is 0 Å². The molecule has 3 N–H and O–H groups in total. The Bertz CT molecular complexity index is 239. The lowest BCUT2D eigenvalue weighted by Crippen LogP contribution is -2.46. The molecule has 16 heavy (non-hydrogen) atoms. The first-order chi connectivity index (χ1) is 7.32. The van der Waals surface area contributed by atoms with E-state index >= 15 is 0 Å². The normalized spacial score (nSPS) is 14.4. The summed E-state index contributed by atoms with van der Waals surface area (Å²) < 4.78 is 0. The van der Waals surface area contributed by atoms with E-state index in [2.05, 4.69) is 10.6 Å². The molecule has 94 valence electrons. The maximum atomic E-state index is 11.4. The topological polar surface area (TPSA) is 78.4 Å². The number of aliphatic hydroxyl groups is 1. The lowest BCUT2D eigenvalue weighted by molar-refractivity contribution is -0.129. The Morgan fingerprint density at radius 2 is 1.75 bits per heavy atom. The number of carbonyl (C=O) groups is 2. The number of rotatable bonds is 6. The zero-order valence-corrected chi connectivity index (χ0v) is 10.4. The molecule has 2 amide bonds. The number of carbonyl (C=O) groups excluding carboxylic acids is 2. The standard InChI is InChI=1S/C11H22N2O3/c1-7(2)5-10(15)13-9(4)11(16)12-6-8(3)14/h7-9,14H,5-6H2,1-4H3,(H,12,16)(H,13,15)/t8-,9-/m0/s1. The monoisotopic (exact) mass is 230 g/mol. The molecule has 0 heterocycles. The van der Waals surface area contributed by atoms with Crippen LogP contribution >= 0.6 is 0 Å². The van der Waals surface area contributed by atoms with Crippen molar-refractivity contribution in [2.24, 2.45) is 5.92 Å². The van der Waals surface area contributed by atoms with Gasteiger partial charge in [0.05, 0.1) is 6.10 Å². The van der Waals surface area contributed by atoms with Crippen molar-refractivity contribution in [3.05, 3.63) is 0 Å². The van der Waals surface area contributed by atoms with E-state index in [9.17, 15) is 9.59 Å². The van der Waals surface area contributed by atoms with Crippen molar-refractivity contribution in [2.75, 3.05) is 6.54 Å². The molecule has 0 spiro atoms. The quantitative estimate of drug-likeness (QED) is 0.602. The Kier molecular flexibility index (Phi) is 6.72. The fourth-order valence-corrected chi connectivity index (χ4v) is 1.14. The molecular formula is C11H22N2O3. The molecular weight excluding hydrogens is 208 g/mol. The second-order valence-electron chi connectivity index (χ2n) is 4.48. The maximum absolute atomic E-state index is 11.4. The minimum Gasteiger partial charge on any atom is -0.392 e. The van der Waals surface area contributed by atoms with Crippen LogP contribution in [0, 0.1) is 5.92 Å². The summed E-state index contributed by atoms with van der Waals surface area (Å²) in [7, 11) is 0. The van der Waals surface area contributed by atoms with Gasteiger partial charge in [0.1, 0.15) is 6.04 Å². The molecule has 0 unspecified atom stereocenters. The van der Waals surface area contributed by atoms with Gasteiger partial charge >= 0.3 is 0 Å². The maximum Gasteiger partial charge on any atom is 0.242 e. The number of hydrogen-bond donors (Lipinski definition) is 3. The van der Waals surface area contributed by atoms with Crippen LogP contribution in [0.4, 0.5) is 0 Å². The van der Waals surface area contributed by atoms with Gasteiger partial charge in [0, 0.05) is 13.0 Å². The first-order valence-electron chi connectivity index (χ1n) is 5.58. The van der Waals surface area contributed by atoms with E-state index in [0.717, 1.165) is 0 Å². The highest BCUT2D eigenvalue weighted by Gasteiger charge is 2.15. The van der Waals surface area contributed by atoms with Crippen LogP contribution in [-0.2, 0) is 9.59 Å². The van der Waals surface area contributed by atoms with E-state index in [-0.39, 0.29) is 24.3 Å². The molecule has 0 rings (SSSR count). The lowest BCUT2D eigenvalue weighted by atomic mass is 10.1. The van der Waals surface area contributed by atoms with Gasteiger partial charge in [-0.05, 0) is 19.8 Å². The Morgan fingerprint density at radius 1 is 1.19 bits per heavy atom. The molecule has 5 nitrogen and oxygen atoms in total. The summed E-state index contributed by atoms with van der Waals surface area (Å²) in [5.74, 6) is -0.138. The summed E-state index contributed by atoms with van der Waals surface area (Å²) >= 11 is 0. The second-order valence-corrected chi connectivity index (χ2v) is 4.48. The van der Waals surface area contributed by atoms with E-state index < -0.39 is 12.1 Å². The minimum atomic E-state index is -0.581. The predicted molar refractivity (Wildman–Crippen MR) is 61.8 cm³/mol. The highest BCUT2D eigenvalue weighted by atomic mass is 16.3. The van der Waals surface area contributed by atoms with Crippen LogP contribution in [0.2, 0.25) is 0 Å². The average Bonchev–Trinajstić information content (AvgIpc) is 2.12. The van der Waals surface area contributed by atoms with Crippen molar-refractivity contribution in [1.82, 2.24) is 10.6 Å². The van der Waals surface area contributed by atoms with Crippen molar-refractivity contribution >= 4 is 11.8 Å². The van der Waals surface area contributed by atoms with E-state index in [0.29, 0.717) is 6.42 Å². The SMILES string of the molecule is CC(C)CC(=O)N[C@@H](C)C(=O)NC[C@H](C)O. The molecule has 5 heteroatoms. The van der Waals surface area contributed by atoms with E-state index in [1.54, 1.807) is 13.8 Å². The zero-order chi connectivity index (χ0) is 12.7. The number of amides is 2. The molecule has 0 aliphatic heterocycles. The molecule has 0 aromatic carbocycles. The van der Waals surface area contributed by atoms with Crippen LogP contribution in [0.3, 0.4) is 0 Å². The Balaban J connectivity index is 3.91. The highest BCUT2D eigenvalue weighted by Crippen LogP contribution is 1.98. The third-order valence-corrected chi connectivity index (χ3v) is 1.94. The predicted octanol–water partition coefficient (Wildman–Crippen LogP) is 0.0342. The smallest absolute Gasteiger partial charge is 0.242 e. The Hall–Kier alpha value is -1.10. The molecule has 0 radical (unpaired) electrons. The number of nitrogens with one attached hydrogen (secondary N) is 2. The van der Waals surface area contributed by atoms with Gasteiger partial charge in [-0.1, -0.05) is 13.8 Å². The van der Waals surface area contributed by atoms with Crippen LogP contribution in [0.5, 0.6) is 0 Å². The van der Waals surface area contributed by atoms with Crippen LogP contribution < -0.4 is 10.6 Å².